The van der Waals surface area contributed by atoms with Gasteiger partial charge < -0.3 is 10.2 Å². The van der Waals surface area contributed by atoms with Crippen LogP contribution in [0.25, 0.3) is 11.0 Å². The number of nitrogens with zero attached hydrogens (tertiary/aromatic N) is 4. The molecule has 2 aliphatic heterocycles. The van der Waals surface area contributed by atoms with Gasteiger partial charge in [-0.25, -0.2) is 19.8 Å². The Balaban J connectivity index is 1.49. The van der Waals surface area contributed by atoms with Crippen LogP contribution in [0.3, 0.4) is 0 Å². The summed E-state index contributed by atoms with van der Waals surface area (Å²) < 4.78 is 0. The molecule has 2 saturated heterocycles. The zero-order chi connectivity index (χ0) is 18.6. The minimum Gasteiger partial charge on any atom is -0.354 e. The van der Waals surface area contributed by atoms with Crippen molar-refractivity contribution in [2.45, 2.75) is 24.3 Å². The van der Waals surface area contributed by atoms with Crippen LogP contribution in [-0.2, 0) is 4.79 Å². The number of anilines is 1. The number of urea groups is 1. The molecule has 4 rings (SSSR count). The van der Waals surface area contributed by atoms with E-state index in [0.29, 0.717) is 13.1 Å². The molecule has 1 aromatic heterocycles. The first-order valence-corrected chi connectivity index (χ1v) is 10.2. The van der Waals surface area contributed by atoms with Crippen LogP contribution < -0.4 is 15.6 Å². The van der Waals surface area contributed by atoms with Crippen LogP contribution in [0.1, 0.15) is 19.3 Å². The maximum Gasteiger partial charge on any atom is 0.336 e. The summed E-state index contributed by atoms with van der Waals surface area (Å²) in [5, 5.41) is 4.81. The number of hydrogen-bond donors (Lipinski definition) is 2. The number of hydrazine groups is 1. The van der Waals surface area contributed by atoms with Gasteiger partial charge in [-0.3, -0.25) is 10.2 Å². The lowest BCUT2D eigenvalue weighted by Crippen LogP contribution is -2.55. The molecule has 0 saturated carbocycles. The fourth-order valence-corrected chi connectivity index (χ4v) is 4.06. The zero-order valence-electron chi connectivity index (χ0n) is 15.0. The van der Waals surface area contributed by atoms with Crippen molar-refractivity contribution in [3.8, 4) is 0 Å². The van der Waals surface area contributed by atoms with Gasteiger partial charge in [-0.1, -0.05) is 23.9 Å². The highest BCUT2D eigenvalue weighted by atomic mass is 32.2. The number of rotatable bonds is 5. The van der Waals surface area contributed by atoms with Crippen LogP contribution in [0.2, 0.25) is 0 Å². The fraction of sp³-hybridized carbons (Fsp3) is 0.444. The van der Waals surface area contributed by atoms with E-state index in [-0.39, 0.29) is 17.7 Å². The van der Waals surface area contributed by atoms with E-state index in [2.05, 4.69) is 15.6 Å². The minimum absolute atomic E-state index is 0.178. The van der Waals surface area contributed by atoms with Gasteiger partial charge in [0.05, 0.1) is 16.8 Å². The van der Waals surface area contributed by atoms with Crippen LogP contribution >= 0.6 is 11.8 Å². The Morgan fingerprint density at radius 3 is 2.59 bits per heavy atom. The predicted octanol–water partition coefficient (Wildman–Crippen LogP) is 1.77. The van der Waals surface area contributed by atoms with Crippen molar-refractivity contribution in [3.05, 3.63) is 24.3 Å². The molecule has 2 fully saturated rings. The summed E-state index contributed by atoms with van der Waals surface area (Å²) in [5.41, 5.74) is 4.34. The Morgan fingerprint density at radius 2 is 1.85 bits per heavy atom. The van der Waals surface area contributed by atoms with Gasteiger partial charge in [0, 0.05) is 26.2 Å². The van der Waals surface area contributed by atoms with Crippen LogP contribution in [-0.4, -0.2) is 58.8 Å². The lowest BCUT2D eigenvalue weighted by atomic mass is 10.3. The topological polar surface area (TPSA) is 90.5 Å². The number of carbonyl (C=O) groups excluding carboxylic acids is 2. The van der Waals surface area contributed by atoms with Gasteiger partial charge in [0.2, 0.25) is 5.91 Å². The van der Waals surface area contributed by atoms with Gasteiger partial charge in [0.1, 0.15) is 5.03 Å². The lowest BCUT2D eigenvalue weighted by molar-refractivity contribution is -0.122. The third-order valence-corrected chi connectivity index (χ3v) is 5.56. The second kappa shape index (κ2) is 7.99. The quantitative estimate of drug-likeness (QED) is 0.761. The average molecular weight is 386 g/mol. The number of amides is 3. The van der Waals surface area contributed by atoms with Gasteiger partial charge in [-0.2, -0.15) is 0 Å². The number of benzene rings is 1. The molecular weight excluding hydrogens is 364 g/mol. The molecule has 0 atom stereocenters. The first-order chi connectivity index (χ1) is 13.2. The molecule has 3 amide bonds. The molecule has 2 N–H and O–H groups in total. The van der Waals surface area contributed by atoms with Gasteiger partial charge in [-0.15, -0.1) is 0 Å². The first-order valence-electron chi connectivity index (χ1n) is 9.20. The second-order valence-electron chi connectivity index (χ2n) is 6.60. The maximum absolute atomic E-state index is 12.3. The number of hydrogen-bond acceptors (Lipinski definition) is 6. The summed E-state index contributed by atoms with van der Waals surface area (Å²) in [6, 6.07) is 7.51. The minimum atomic E-state index is -0.261. The van der Waals surface area contributed by atoms with E-state index in [4.69, 9.17) is 9.97 Å². The smallest absolute Gasteiger partial charge is 0.336 e. The molecular formula is C18H22N6O2S. The molecule has 2 aromatic rings. The highest BCUT2D eigenvalue weighted by Crippen LogP contribution is 2.31. The second-order valence-corrected chi connectivity index (χ2v) is 7.56. The highest BCUT2D eigenvalue weighted by Gasteiger charge is 2.22. The Morgan fingerprint density at radius 1 is 1.11 bits per heavy atom. The molecule has 3 heterocycles. The molecule has 27 heavy (non-hydrogen) atoms. The first kappa shape index (κ1) is 17.8. The summed E-state index contributed by atoms with van der Waals surface area (Å²) in [5.74, 6) is 0.802. The summed E-state index contributed by atoms with van der Waals surface area (Å²) in [7, 11) is 0. The molecule has 0 unspecified atom stereocenters. The Kier molecular flexibility index (Phi) is 5.28. The van der Waals surface area contributed by atoms with Crippen molar-refractivity contribution >= 4 is 40.6 Å². The van der Waals surface area contributed by atoms with Crippen molar-refractivity contribution in [1.29, 1.82) is 0 Å². The monoisotopic (exact) mass is 386 g/mol. The third-order valence-electron chi connectivity index (χ3n) is 4.61. The van der Waals surface area contributed by atoms with Crippen LogP contribution in [0.4, 0.5) is 10.6 Å². The largest absolute Gasteiger partial charge is 0.354 e. The number of thioether (sulfide) groups is 1. The van der Waals surface area contributed by atoms with Gasteiger partial charge >= 0.3 is 6.03 Å². The number of nitrogens with one attached hydrogen (secondary N) is 2. The molecule has 0 spiro atoms. The van der Waals surface area contributed by atoms with Crippen molar-refractivity contribution in [2.24, 2.45) is 0 Å². The van der Waals surface area contributed by atoms with Crippen molar-refractivity contribution in [3.63, 3.8) is 0 Å². The summed E-state index contributed by atoms with van der Waals surface area (Å²) in [6.07, 6.45) is 3.10. The standard InChI is InChI=1S/C18H22N6O2S/c25-15(22-24-11-5-8-19-18(24)26)12-27-17-16(23-9-3-4-10-23)20-13-6-1-2-7-14(13)21-17/h1-2,6-7H,3-5,8-12H2,(H,19,26)(H,22,25). The van der Waals surface area contributed by atoms with Crippen LogP contribution in [0.15, 0.2) is 29.3 Å². The Labute approximate surface area is 161 Å². The fourth-order valence-electron chi connectivity index (χ4n) is 3.26. The SMILES string of the molecule is O=C(CSc1nc2ccccc2nc1N1CCCC1)NN1CCCNC1=O. The molecule has 8 nitrogen and oxygen atoms in total. The third kappa shape index (κ3) is 4.08. The summed E-state index contributed by atoms with van der Waals surface area (Å²) in [6.45, 7) is 3.09. The van der Waals surface area contributed by atoms with E-state index in [1.54, 1.807) is 0 Å². The Hall–Kier alpha value is -2.55. The number of para-hydroxylation sites is 2. The van der Waals surface area contributed by atoms with E-state index < -0.39 is 0 Å². The van der Waals surface area contributed by atoms with Gasteiger partial charge in [-0.05, 0) is 31.4 Å². The van der Waals surface area contributed by atoms with E-state index in [1.165, 1.54) is 16.8 Å². The highest BCUT2D eigenvalue weighted by molar-refractivity contribution is 8.00. The van der Waals surface area contributed by atoms with E-state index in [1.807, 2.05) is 24.3 Å². The number of carbonyl (C=O) groups is 2. The van der Waals surface area contributed by atoms with Gasteiger partial charge in [0.25, 0.3) is 0 Å². The van der Waals surface area contributed by atoms with E-state index >= 15 is 0 Å². The lowest BCUT2D eigenvalue weighted by Gasteiger charge is -2.27. The van der Waals surface area contributed by atoms with E-state index in [9.17, 15) is 9.59 Å². The molecule has 2 aliphatic rings. The normalized spacial score (nSPS) is 17.3. The van der Waals surface area contributed by atoms with Crippen molar-refractivity contribution < 1.29 is 9.59 Å². The maximum atomic E-state index is 12.3. The van der Waals surface area contributed by atoms with E-state index in [0.717, 1.165) is 54.2 Å². The zero-order valence-corrected chi connectivity index (χ0v) is 15.8. The summed E-state index contributed by atoms with van der Waals surface area (Å²) >= 11 is 1.36. The molecule has 0 aliphatic carbocycles. The van der Waals surface area contributed by atoms with Crippen LogP contribution in [0.5, 0.6) is 0 Å². The predicted molar refractivity (Wildman–Crippen MR) is 105 cm³/mol. The Bertz CT molecular complexity index is 855. The summed E-state index contributed by atoms with van der Waals surface area (Å²) in [4.78, 5) is 35.8. The van der Waals surface area contributed by atoms with Crippen molar-refractivity contribution in [2.75, 3.05) is 36.8 Å². The van der Waals surface area contributed by atoms with Crippen LogP contribution in [0, 0.1) is 0 Å². The molecule has 1 aromatic carbocycles. The molecule has 0 bridgehead atoms. The molecule has 142 valence electrons. The average Bonchev–Trinajstić information content (AvgIpc) is 3.22. The van der Waals surface area contributed by atoms with Crippen molar-refractivity contribution in [1.82, 2.24) is 25.7 Å². The number of fused-ring (bicyclic) bond motifs is 1. The molecule has 0 radical (unpaired) electrons. The molecule has 9 heteroatoms. The van der Waals surface area contributed by atoms with Gasteiger partial charge in [0.15, 0.2) is 5.82 Å². The number of aromatic nitrogens is 2.